The van der Waals surface area contributed by atoms with Gasteiger partial charge in [-0.05, 0) is 68.3 Å². The predicted octanol–water partition coefficient (Wildman–Crippen LogP) is 3.32. The smallest absolute Gasteiger partial charge is 0.191 e. The largest absolute Gasteiger partial charge is 0.357 e. The summed E-state index contributed by atoms with van der Waals surface area (Å²) >= 11 is 4.24. The summed E-state index contributed by atoms with van der Waals surface area (Å²) in [4.78, 5) is 8.72. The summed E-state index contributed by atoms with van der Waals surface area (Å²) in [6.07, 6.45) is 3.42. The van der Waals surface area contributed by atoms with Crippen LogP contribution in [-0.4, -0.2) is 49.1 Å². The van der Waals surface area contributed by atoms with Crippen LogP contribution in [0.3, 0.4) is 0 Å². The number of halogens is 1. The number of likely N-dealkylation sites (tertiary alicyclic amines) is 1. The van der Waals surface area contributed by atoms with Gasteiger partial charge < -0.3 is 15.5 Å². The van der Waals surface area contributed by atoms with E-state index in [9.17, 15) is 0 Å². The molecule has 1 aliphatic rings. The molecule has 0 bridgehead atoms. The lowest BCUT2D eigenvalue weighted by Gasteiger charge is -2.35. The standard InChI is InChI=1S/C17H29IN4S/c1-4-19-17(20-10-7-15-5-6-16(18)23-15)21-14-8-11-22(12-9-14)13(2)3/h5-6,13-14H,4,7-12H2,1-3H3,(H2,19,20,21). The highest BCUT2D eigenvalue weighted by atomic mass is 127. The van der Waals surface area contributed by atoms with Crippen molar-refractivity contribution in [2.45, 2.75) is 52.1 Å². The molecule has 1 fully saturated rings. The fraction of sp³-hybridized carbons (Fsp3) is 0.706. The van der Waals surface area contributed by atoms with Gasteiger partial charge in [0, 0.05) is 49.6 Å². The highest BCUT2D eigenvalue weighted by molar-refractivity contribution is 14.1. The van der Waals surface area contributed by atoms with Crippen molar-refractivity contribution in [1.82, 2.24) is 15.5 Å². The molecule has 1 aromatic rings. The molecule has 6 heteroatoms. The second-order valence-electron chi connectivity index (χ2n) is 6.26. The minimum absolute atomic E-state index is 0.547. The third kappa shape index (κ3) is 6.58. The number of guanidine groups is 1. The molecule has 0 radical (unpaired) electrons. The third-order valence-electron chi connectivity index (χ3n) is 4.20. The maximum Gasteiger partial charge on any atom is 0.191 e. The fourth-order valence-electron chi connectivity index (χ4n) is 2.84. The van der Waals surface area contributed by atoms with Crippen molar-refractivity contribution in [3.8, 4) is 0 Å². The number of nitrogens with one attached hydrogen (secondary N) is 2. The quantitative estimate of drug-likeness (QED) is 0.399. The Labute approximate surface area is 158 Å². The predicted molar refractivity (Wildman–Crippen MR) is 110 cm³/mol. The van der Waals surface area contributed by atoms with Gasteiger partial charge in [-0.1, -0.05) is 0 Å². The highest BCUT2D eigenvalue weighted by Crippen LogP contribution is 2.18. The minimum Gasteiger partial charge on any atom is -0.357 e. The van der Waals surface area contributed by atoms with E-state index in [1.54, 1.807) is 0 Å². The minimum atomic E-state index is 0.547. The van der Waals surface area contributed by atoms with Crippen LogP contribution in [0.5, 0.6) is 0 Å². The summed E-state index contributed by atoms with van der Waals surface area (Å²) in [5.41, 5.74) is 0. The van der Waals surface area contributed by atoms with E-state index in [4.69, 9.17) is 4.99 Å². The maximum absolute atomic E-state index is 4.75. The molecule has 0 amide bonds. The summed E-state index contributed by atoms with van der Waals surface area (Å²) in [6, 6.07) is 5.59. The molecule has 130 valence electrons. The first-order valence-corrected chi connectivity index (χ1v) is 10.5. The molecule has 0 spiro atoms. The van der Waals surface area contributed by atoms with Gasteiger partial charge in [0.1, 0.15) is 0 Å². The average Bonchev–Trinajstić information content (AvgIpc) is 2.93. The summed E-state index contributed by atoms with van der Waals surface area (Å²) in [5, 5.41) is 7.00. The van der Waals surface area contributed by atoms with Crippen molar-refractivity contribution >= 4 is 39.9 Å². The van der Waals surface area contributed by atoms with Crippen LogP contribution >= 0.6 is 33.9 Å². The number of hydrogen-bond acceptors (Lipinski definition) is 3. The molecule has 23 heavy (non-hydrogen) atoms. The monoisotopic (exact) mass is 448 g/mol. The number of nitrogens with zero attached hydrogens (tertiary/aromatic N) is 2. The molecule has 0 saturated carbocycles. The molecule has 1 saturated heterocycles. The van der Waals surface area contributed by atoms with Crippen molar-refractivity contribution < 1.29 is 0 Å². The van der Waals surface area contributed by atoms with Crippen molar-refractivity contribution in [2.24, 2.45) is 4.99 Å². The Morgan fingerprint density at radius 2 is 2.13 bits per heavy atom. The van der Waals surface area contributed by atoms with Crippen molar-refractivity contribution in [3.63, 3.8) is 0 Å². The SMILES string of the molecule is CCNC(=NCCc1ccc(I)s1)NC1CCN(C(C)C)CC1. The van der Waals surface area contributed by atoms with E-state index in [-0.39, 0.29) is 0 Å². The molecule has 1 aliphatic heterocycles. The molecule has 1 aromatic heterocycles. The van der Waals surface area contributed by atoms with Crippen LogP contribution < -0.4 is 10.6 Å². The lowest BCUT2D eigenvalue weighted by atomic mass is 10.0. The van der Waals surface area contributed by atoms with Crippen LogP contribution in [-0.2, 0) is 6.42 Å². The van der Waals surface area contributed by atoms with E-state index in [0.29, 0.717) is 12.1 Å². The lowest BCUT2D eigenvalue weighted by Crippen LogP contribution is -2.49. The second-order valence-corrected chi connectivity index (χ2v) is 9.33. The van der Waals surface area contributed by atoms with E-state index in [1.807, 2.05) is 11.3 Å². The molecule has 4 nitrogen and oxygen atoms in total. The topological polar surface area (TPSA) is 39.7 Å². The van der Waals surface area contributed by atoms with Gasteiger partial charge in [-0.2, -0.15) is 0 Å². The van der Waals surface area contributed by atoms with Crippen molar-refractivity contribution in [3.05, 3.63) is 19.9 Å². The number of piperidine rings is 1. The van der Waals surface area contributed by atoms with Gasteiger partial charge in [-0.15, -0.1) is 11.3 Å². The zero-order valence-electron chi connectivity index (χ0n) is 14.4. The van der Waals surface area contributed by atoms with Crippen LogP contribution in [0.2, 0.25) is 0 Å². The molecular weight excluding hydrogens is 419 g/mol. The van der Waals surface area contributed by atoms with Crippen LogP contribution in [0.4, 0.5) is 0 Å². The van der Waals surface area contributed by atoms with E-state index in [0.717, 1.165) is 25.5 Å². The molecule has 2 N–H and O–H groups in total. The number of rotatable bonds is 6. The van der Waals surface area contributed by atoms with E-state index in [2.05, 4.69) is 71.0 Å². The molecule has 0 aromatic carbocycles. The van der Waals surface area contributed by atoms with Gasteiger partial charge in [0.25, 0.3) is 0 Å². The van der Waals surface area contributed by atoms with Crippen LogP contribution in [0.1, 0.15) is 38.5 Å². The second kappa shape index (κ2) is 9.84. The fourth-order valence-corrected chi connectivity index (χ4v) is 4.58. The molecule has 2 heterocycles. The van der Waals surface area contributed by atoms with Crippen LogP contribution in [0.15, 0.2) is 17.1 Å². The van der Waals surface area contributed by atoms with E-state index < -0.39 is 0 Å². The first-order chi connectivity index (χ1) is 11.1. The number of hydrogen-bond donors (Lipinski definition) is 2. The molecular formula is C17H29IN4S. The molecule has 0 unspecified atom stereocenters. The first kappa shape index (κ1) is 19.0. The highest BCUT2D eigenvalue weighted by Gasteiger charge is 2.21. The molecule has 0 aliphatic carbocycles. The van der Waals surface area contributed by atoms with Gasteiger partial charge in [-0.3, -0.25) is 4.99 Å². The number of thiophene rings is 1. The maximum atomic E-state index is 4.75. The normalized spacial score (nSPS) is 17.7. The zero-order valence-corrected chi connectivity index (χ0v) is 17.4. The Kier molecular flexibility index (Phi) is 8.12. The summed E-state index contributed by atoms with van der Waals surface area (Å²) in [6.45, 7) is 10.8. The lowest BCUT2D eigenvalue weighted by molar-refractivity contribution is 0.167. The van der Waals surface area contributed by atoms with Gasteiger partial charge >= 0.3 is 0 Å². The van der Waals surface area contributed by atoms with E-state index in [1.165, 1.54) is 33.7 Å². The Morgan fingerprint density at radius 1 is 1.39 bits per heavy atom. The summed E-state index contributed by atoms with van der Waals surface area (Å²) in [7, 11) is 0. The van der Waals surface area contributed by atoms with Gasteiger partial charge in [0.05, 0.1) is 2.88 Å². The first-order valence-electron chi connectivity index (χ1n) is 8.61. The van der Waals surface area contributed by atoms with Crippen molar-refractivity contribution in [1.29, 1.82) is 0 Å². The van der Waals surface area contributed by atoms with Crippen LogP contribution in [0, 0.1) is 2.88 Å². The van der Waals surface area contributed by atoms with Gasteiger partial charge in [0.2, 0.25) is 0 Å². The molecule has 2 rings (SSSR count). The van der Waals surface area contributed by atoms with E-state index >= 15 is 0 Å². The van der Waals surface area contributed by atoms with Gasteiger partial charge in [-0.25, -0.2) is 0 Å². The number of aliphatic imine (C=N–C) groups is 1. The zero-order chi connectivity index (χ0) is 16.7. The Balaban J connectivity index is 1.80. The average molecular weight is 448 g/mol. The Bertz CT molecular complexity index is 493. The summed E-state index contributed by atoms with van der Waals surface area (Å²) in [5.74, 6) is 0.974. The Hall–Kier alpha value is -0.340. The Morgan fingerprint density at radius 3 is 2.70 bits per heavy atom. The van der Waals surface area contributed by atoms with Crippen molar-refractivity contribution in [2.75, 3.05) is 26.2 Å². The van der Waals surface area contributed by atoms with Gasteiger partial charge in [0.15, 0.2) is 5.96 Å². The molecule has 0 atom stereocenters. The van der Waals surface area contributed by atoms with Crippen LogP contribution in [0.25, 0.3) is 0 Å². The summed E-state index contributed by atoms with van der Waals surface area (Å²) < 4.78 is 1.35. The third-order valence-corrected chi connectivity index (χ3v) is 6.16.